The van der Waals surface area contributed by atoms with Crippen LogP contribution in [0.25, 0.3) is 0 Å². The monoisotopic (exact) mass is 306 g/mol. The standard InChI is InChI=1S/C17H26N2O3/c1-4-5-10-17(21)18-11-12-19(14(2)20)13-15-8-6-7-9-16(15)22-3/h6-9H,4-5,10-13H2,1-3H3,(H,18,21). The molecular formula is C17H26N2O3. The van der Waals surface area contributed by atoms with E-state index in [1.54, 1.807) is 12.0 Å². The molecule has 0 aliphatic heterocycles. The highest BCUT2D eigenvalue weighted by Gasteiger charge is 2.12. The van der Waals surface area contributed by atoms with Gasteiger partial charge in [0.25, 0.3) is 0 Å². The van der Waals surface area contributed by atoms with Crippen LogP contribution in [0.4, 0.5) is 0 Å². The number of carbonyl (C=O) groups is 2. The van der Waals surface area contributed by atoms with E-state index >= 15 is 0 Å². The predicted octanol–water partition coefficient (Wildman–Crippen LogP) is 2.35. The molecule has 5 nitrogen and oxygen atoms in total. The fourth-order valence-electron chi connectivity index (χ4n) is 2.14. The normalized spacial score (nSPS) is 10.1. The minimum atomic E-state index is -0.0197. The number of ether oxygens (including phenoxy) is 1. The van der Waals surface area contributed by atoms with Gasteiger partial charge in [-0.2, -0.15) is 0 Å². The number of unbranched alkanes of at least 4 members (excludes halogenated alkanes) is 1. The van der Waals surface area contributed by atoms with E-state index in [1.807, 2.05) is 24.3 Å². The quantitative estimate of drug-likeness (QED) is 0.762. The van der Waals surface area contributed by atoms with Crippen molar-refractivity contribution < 1.29 is 14.3 Å². The number of methoxy groups -OCH3 is 1. The van der Waals surface area contributed by atoms with Crippen molar-refractivity contribution in [1.82, 2.24) is 10.2 Å². The van der Waals surface area contributed by atoms with Crippen LogP contribution in [-0.2, 0) is 16.1 Å². The average Bonchev–Trinajstić information content (AvgIpc) is 2.52. The van der Waals surface area contributed by atoms with E-state index in [9.17, 15) is 9.59 Å². The zero-order valence-electron chi connectivity index (χ0n) is 13.7. The molecule has 1 rings (SSSR count). The van der Waals surface area contributed by atoms with Crippen LogP contribution < -0.4 is 10.1 Å². The lowest BCUT2D eigenvalue weighted by Gasteiger charge is -2.22. The minimum Gasteiger partial charge on any atom is -0.496 e. The van der Waals surface area contributed by atoms with Crippen LogP contribution in [-0.4, -0.2) is 36.9 Å². The van der Waals surface area contributed by atoms with Crippen molar-refractivity contribution in [3.05, 3.63) is 29.8 Å². The predicted molar refractivity (Wildman–Crippen MR) is 86.6 cm³/mol. The SMILES string of the molecule is CCCCC(=O)NCCN(Cc1ccccc1OC)C(C)=O. The van der Waals surface area contributed by atoms with Crippen molar-refractivity contribution in [1.29, 1.82) is 0 Å². The molecule has 1 aromatic rings. The van der Waals surface area contributed by atoms with Gasteiger partial charge in [0.2, 0.25) is 11.8 Å². The Morgan fingerprint density at radius 2 is 2.00 bits per heavy atom. The second kappa shape index (κ2) is 9.82. The summed E-state index contributed by atoms with van der Waals surface area (Å²) < 4.78 is 5.31. The molecule has 0 radical (unpaired) electrons. The van der Waals surface area contributed by atoms with E-state index < -0.39 is 0 Å². The maximum Gasteiger partial charge on any atom is 0.220 e. The topological polar surface area (TPSA) is 58.6 Å². The van der Waals surface area contributed by atoms with E-state index in [0.29, 0.717) is 26.1 Å². The lowest BCUT2D eigenvalue weighted by molar-refractivity contribution is -0.130. The molecule has 0 bridgehead atoms. The van der Waals surface area contributed by atoms with Gasteiger partial charge in [-0.05, 0) is 12.5 Å². The number of amides is 2. The van der Waals surface area contributed by atoms with E-state index in [1.165, 1.54) is 6.92 Å². The third-order valence-electron chi connectivity index (χ3n) is 3.46. The Morgan fingerprint density at radius 1 is 1.27 bits per heavy atom. The molecule has 0 aromatic heterocycles. The number of rotatable bonds is 9. The smallest absolute Gasteiger partial charge is 0.220 e. The molecule has 0 saturated carbocycles. The molecule has 0 saturated heterocycles. The first-order valence-corrected chi connectivity index (χ1v) is 7.72. The van der Waals surface area contributed by atoms with Crippen molar-refractivity contribution in [2.75, 3.05) is 20.2 Å². The van der Waals surface area contributed by atoms with Crippen molar-refractivity contribution in [3.8, 4) is 5.75 Å². The summed E-state index contributed by atoms with van der Waals surface area (Å²) in [6.07, 6.45) is 2.44. The Bertz CT molecular complexity index is 489. The number of nitrogens with one attached hydrogen (secondary N) is 1. The summed E-state index contributed by atoms with van der Waals surface area (Å²) in [7, 11) is 1.62. The van der Waals surface area contributed by atoms with Gasteiger partial charge in [-0.15, -0.1) is 0 Å². The Morgan fingerprint density at radius 3 is 2.64 bits per heavy atom. The van der Waals surface area contributed by atoms with E-state index in [0.717, 1.165) is 24.2 Å². The molecule has 1 aromatic carbocycles. The Kier molecular flexibility index (Phi) is 8.04. The molecular weight excluding hydrogens is 280 g/mol. The highest BCUT2D eigenvalue weighted by Crippen LogP contribution is 2.19. The minimum absolute atomic E-state index is 0.0197. The van der Waals surface area contributed by atoms with Gasteiger partial charge in [0, 0.05) is 38.5 Å². The molecule has 22 heavy (non-hydrogen) atoms. The molecule has 0 atom stereocenters. The molecule has 0 aliphatic rings. The van der Waals surface area contributed by atoms with Crippen LogP contribution in [0.5, 0.6) is 5.75 Å². The summed E-state index contributed by atoms with van der Waals surface area (Å²) in [5.74, 6) is 0.789. The third kappa shape index (κ3) is 6.16. The van der Waals surface area contributed by atoms with Crippen molar-refractivity contribution in [2.45, 2.75) is 39.7 Å². The molecule has 5 heteroatoms. The van der Waals surface area contributed by atoms with Gasteiger partial charge in [-0.1, -0.05) is 31.5 Å². The van der Waals surface area contributed by atoms with E-state index in [-0.39, 0.29) is 11.8 Å². The Labute approximate surface area is 132 Å². The van der Waals surface area contributed by atoms with Crippen LogP contribution in [0.2, 0.25) is 0 Å². The van der Waals surface area contributed by atoms with E-state index in [2.05, 4.69) is 12.2 Å². The summed E-state index contributed by atoms with van der Waals surface area (Å²) >= 11 is 0. The summed E-state index contributed by atoms with van der Waals surface area (Å²) in [5, 5.41) is 2.85. The van der Waals surface area contributed by atoms with Crippen LogP contribution in [0.1, 0.15) is 38.7 Å². The van der Waals surface area contributed by atoms with Gasteiger partial charge in [0.1, 0.15) is 5.75 Å². The maximum absolute atomic E-state index is 11.8. The van der Waals surface area contributed by atoms with Crippen LogP contribution >= 0.6 is 0 Å². The van der Waals surface area contributed by atoms with Gasteiger partial charge in [0.05, 0.1) is 7.11 Å². The molecule has 1 N–H and O–H groups in total. The summed E-state index contributed by atoms with van der Waals surface area (Å²) in [4.78, 5) is 25.1. The van der Waals surface area contributed by atoms with Gasteiger partial charge in [0.15, 0.2) is 0 Å². The third-order valence-corrected chi connectivity index (χ3v) is 3.46. The number of para-hydroxylation sites is 1. The summed E-state index contributed by atoms with van der Waals surface area (Å²) in [5.41, 5.74) is 0.956. The number of nitrogens with zero attached hydrogens (tertiary/aromatic N) is 1. The van der Waals surface area contributed by atoms with E-state index in [4.69, 9.17) is 4.74 Å². The second-order valence-corrected chi connectivity index (χ2v) is 5.21. The molecule has 122 valence electrons. The van der Waals surface area contributed by atoms with Gasteiger partial charge >= 0.3 is 0 Å². The Balaban J connectivity index is 2.52. The number of hydrogen-bond acceptors (Lipinski definition) is 3. The maximum atomic E-state index is 11.8. The summed E-state index contributed by atoms with van der Waals surface area (Å²) in [6.45, 7) is 5.03. The average molecular weight is 306 g/mol. The van der Waals surface area contributed by atoms with Crippen LogP contribution in [0.15, 0.2) is 24.3 Å². The van der Waals surface area contributed by atoms with Crippen molar-refractivity contribution >= 4 is 11.8 Å². The molecule has 0 unspecified atom stereocenters. The van der Waals surface area contributed by atoms with Crippen LogP contribution in [0, 0.1) is 0 Å². The van der Waals surface area contributed by atoms with Gasteiger partial charge in [-0.25, -0.2) is 0 Å². The highest BCUT2D eigenvalue weighted by atomic mass is 16.5. The molecule has 0 aliphatic carbocycles. The second-order valence-electron chi connectivity index (χ2n) is 5.21. The number of hydrogen-bond donors (Lipinski definition) is 1. The Hall–Kier alpha value is -2.04. The fourth-order valence-corrected chi connectivity index (χ4v) is 2.14. The van der Waals surface area contributed by atoms with Crippen molar-refractivity contribution in [2.24, 2.45) is 0 Å². The van der Waals surface area contributed by atoms with Gasteiger partial charge in [-0.3, -0.25) is 9.59 Å². The first-order chi connectivity index (χ1) is 10.6. The fraction of sp³-hybridized carbons (Fsp3) is 0.529. The molecule has 0 fully saturated rings. The van der Waals surface area contributed by atoms with Crippen molar-refractivity contribution in [3.63, 3.8) is 0 Å². The highest BCUT2D eigenvalue weighted by molar-refractivity contribution is 5.76. The number of benzene rings is 1. The molecule has 2 amide bonds. The van der Waals surface area contributed by atoms with Crippen LogP contribution in [0.3, 0.4) is 0 Å². The first kappa shape index (κ1) is 18.0. The molecule has 0 spiro atoms. The summed E-state index contributed by atoms with van der Waals surface area (Å²) in [6, 6.07) is 7.63. The number of carbonyl (C=O) groups excluding carboxylic acids is 2. The molecule has 0 heterocycles. The van der Waals surface area contributed by atoms with Gasteiger partial charge < -0.3 is 15.0 Å². The zero-order chi connectivity index (χ0) is 16.4. The lowest BCUT2D eigenvalue weighted by Crippen LogP contribution is -2.37. The largest absolute Gasteiger partial charge is 0.496 e. The zero-order valence-corrected chi connectivity index (χ0v) is 13.7. The first-order valence-electron chi connectivity index (χ1n) is 7.72. The lowest BCUT2D eigenvalue weighted by atomic mass is 10.2.